The number of methoxy groups -OCH3 is 2. The Kier molecular flexibility index (Phi) is 17.7. The van der Waals surface area contributed by atoms with E-state index >= 15 is 0 Å². The number of rotatable bonds is 11. The minimum atomic E-state index is -5.07. The molecule has 16 nitrogen and oxygen atoms in total. The fourth-order valence-corrected chi connectivity index (χ4v) is 8.88. The molecule has 0 aliphatic carbocycles. The lowest BCUT2D eigenvalue weighted by molar-refractivity contribution is -0.274. The molecule has 3 fully saturated rings. The minimum Gasteiger partial charge on any atom is -0.453 e. The van der Waals surface area contributed by atoms with E-state index in [0.717, 1.165) is 6.07 Å². The third-order valence-electron chi connectivity index (χ3n) is 12.2. The van der Waals surface area contributed by atoms with E-state index < -0.39 is 41.6 Å². The Balaban J connectivity index is 0.00000432. The van der Waals surface area contributed by atoms with Crippen LogP contribution in [0.2, 0.25) is 5.02 Å². The van der Waals surface area contributed by atoms with Crippen LogP contribution in [-0.4, -0.2) is 127 Å². The first kappa shape index (κ1) is 53.6. The Hall–Kier alpha value is -5.34. The Morgan fingerprint density at radius 3 is 2.25 bits per heavy atom. The van der Waals surface area contributed by atoms with Crippen LogP contribution < -0.4 is 20.3 Å². The van der Waals surface area contributed by atoms with Crippen LogP contribution in [0.3, 0.4) is 0 Å². The van der Waals surface area contributed by atoms with Gasteiger partial charge in [-0.2, -0.15) is 0 Å². The second kappa shape index (κ2) is 22.4. The summed E-state index contributed by atoms with van der Waals surface area (Å²) in [5.74, 6) is -0.535. The average molecular weight is 1010 g/mol. The molecule has 3 aliphatic rings. The van der Waals surface area contributed by atoms with Crippen LogP contribution in [0, 0.1) is 11.3 Å². The SMILES string of the molecule is COC(=O)N[C@H](C(=O)N1C[C@@H](OC)C[C@H]1c1nc(-c2ccc(-c3cc(Cl)c(NC(=O)c4ccc(N5CCN(C(=O)C(C)(C)C)CC5C)nc4)cc3OC(F)(F)F)cc2)c[nH]1)C1CCOCC1.Cl.Cl. The van der Waals surface area contributed by atoms with E-state index in [1.165, 1.54) is 19.4 Å². The number of piperazine rings is 1. The topological polar surface area (TPSA) is 181 Å². The van der Waals surface area contributed by atoms with Crippen LogP contribution in [0.25, 0.3) is 22.4 Å². The predicted octanol–water partition coefficient (Wildman–Crippen LogP) is 8.31. The standard InChI is InChI=1S/C46H54ClF3N8O8.2ClH/c1-26-24-56(43(61)45(2,3)4)15-16-57(26)38-12-11-30(22-51-38)41(59)54-34-21-37(66-46(48,49)50)32(20-33(34)47)27-7-9-28(10-8-27)35-23-52-40(53-35)36-19-31(63-5)25-58(36)42(60)39(55-44(62)64-6)29-13-17-65-18-14-29;;/h7-12,20-23,26,29,31,36,39H,13-19,24-25H2,1-6H3,(H,52,53)(H,54,59)(H,55,62);2*1H/t26?,31-,36-,39-;;/m0../s1. The lowest BCUT2D eigenvalue weighted by atomic mass is 9.90. The first-order valence-electron chi connectivity index (χ1n) is 21.7. The zero-order valence-corrected chi connectivity index (χ0v) is 40.7. The summed E-state index contributed by atoms with van der Waals surface area (Å²) in [5.41, 5.74) is 1.00. The van der Waals surface area contributed by atoms with E-state index in [1.807, 2.05) is 37.5 Å². The smallest absolute Gasteiger partial charge is 0.453 e. The van der Waals surface area contributed by atoms with Gasteiger partial charge in [0, 0.05) is 94.0 Å². The molecule has 0 saturated carbocycles. The van der Waals surface area contributed by atoms with Crippen molar-refractivity contribution in [2.45, 2.75) is 77.5 Å². The molecule has 22 heteroatoms. The highest BCUT2D eigenvalue weighted by Gasteiger charge is 2.43. The van der Waals surface area contributed by atoms with Crippen LogP contribution in [0.4, 0.5) is 29.5 Å². The van der Waals surface area contributed by atoms with Crippen molar-refractivity contribution in [1.29, 1.82) is 0 Å². The third kappa shape index (κ3) is 12.5. The maximum Gasteiger partial charge on any atom is 0.573 e. The summed E-state index contributed by atoms with van der Waals surface area (Å²) < 4.78 is 62.0. The minimum absolute atomic E-state index is 0. The monoisotopic (exact) mass is 1010 g/mol. The molecule has 0 spiro atoms. The van der Waals surface area contributed by atoms with Crippen molar-refractivity contribution in [3.63, 3.8) is 0 Å². The maximum atomic E-state index is 14.2. The second-order valence-corrected chi connectivity index (χ2v) is 18.1. The molecule has 0 bridgehead atoms. The van der Waals surface area contributed by atoms with Gasteiger partial charge in [0.25, 0.3) is 5.91 Å². The number of benzene rings is 2. The van der Waals surface area contributed by atoms with Gasteiger partial charge in [0.1, 0.15) is 23.4 Å². The quantitative estimate of drug-likeness (QED) is 0.132. The number of H-pyrrole nitrogens is 1. The largest absolute Gasteiger partial charge is 0.573 e. The number of hydrogen-bond acceptors (Lipinski definition) is 11. The molecule has 4 atom stereocenters. The summed E-state index contributed by atoms with van der Waals surface area (Å²) in [4.78, 5) is 70.8. The molecular formula is C46H56Cl3F3N8O8. The second-order valence-electron chi connectivity index (χ2n) is 17.7. The Morgan fingerprint density at radius 2 is 1.65 bits per heavy atom. The van der Waals surface area contributed by atoms with Crippen molar-refractivity contribution in [1.82, 2.24) is 30.1 Å². The molecule has 3 saturated heterocycles. The number of nitrogens with one attached hydrogen (secondary N) is 3. The van der Waals surface area contributed by atoms with E-state index in [0.29, 0.717) is 80.6 Å². The maximum absolute atomic E-state index is 14.2. The van der Waals surface area contributed by atoms with E-state index in [-0.39, 0.29) is 83.1 Å². The number of carbonyl (C=O) groups excluding carboxylic acids is 4. The van der Waals surface area contributed by atoms with Gasteiger partial charge in [-0.05, 0) is 49.4 Å². The van der Waals surface area contributed by atoms with E-state index in [4.69, 9.17) is 30.8 Å². The normalized spacial score (nSPS) is 19.3. The number of imidazole rings is 1. The number of likely N-dealkylation sites (tertiary alicyclic amines) is 1. The van der Waals surface area contributed by atoms with Gasteiger partial charge in [0.05, 0.1) is 41.2 Å². The van der Waals surface area contributed by atoms with E-state index in [1.54, 1.807) is 54.6 Å². The van der Waals surface area contributed by atoms with Gasteiger partial charge in [-0.3, -0.25) is 14.4 Å². The van der Waals surface area contributed by atoms with Gasteiger partial charge >= 0.3 is 12.5 Å². The van der Waals surface area contributed by atoms with Crippen molar-refractivity contribution in [2.24, 2.45) is 11.3 Å². The molecule has 1 unspecified atom stereocenters. The van der Waals surface area contributed by atoms with Crippen LogP contribution >= 0.6 is 36.4 Å². The number of alkyl carbamates (subject to hydrolysis) is 1. The van der Waals surface area contributed by atoms with E-state index in [2.05, 4.69) is 25.3 Å². The van der Waals surface area contributed by atoms with Gasteiger partial charge in [-0.1, -0.05) is 56.6 Å². The highest BCUT2D eigenvalue weighted by molar-refractivity contribution is 6.34. The number of hydrogen-bond donors (Lipinski definition) is 3. The molecule has 3 N–H and O–H groups in total. The molecule has 3 aliphatic heterocycles. The summed E-state index contributed by atoms with van der Waals surface area (Å²) in [5, 5.41) is 5.28. The Morgan fingerprint density at radius 1 is 0.956 bits per heavy atom. The molecule has 370 valence electrons. The highest BCUT2D eigenvalue weighted by Crippen LogP contribution is 2.41. The predicted molar refractivity (Wildman–Crippen MR) is 253 cm³/mol. The van der Waals surface area contributed by atoms with Gasteiger partial charge in [-0.25, -0.2) is 14.8 Å². The number of carbonyl (C=O) groups is 4. The summed E-state index contributed by atoms with van der Waals surface area (Å²) in [6.45, 7) is 10.4. The summed E-state index contributed by atoms with van der Waals surface area (Å²) in [6, 6.07) is 10.7. The molecule has 4 aromatic rings. The van der Waals surface area contributed by atoms with Crippen LogP contribution in [0.5, 0.6) is 5.75 Å². The molecule has 2 aromatic heterocycles. The van der Waals surface area contributed by atoms with Gasteiger partial charge in [0.15, 0.2) is 0 Å². The molecule has 68 heavy (non-hydrogen) atoms. The lowest BCUT2D eigenvalue weighted by Crippen LogP contribution is -2.56. The summed E-state index contributed by atoms with van der Waals surface area (Å²) in [7, 11) is 2.81. The first-order chi connectivity index (χ1) is 31.3. The average Bonchev–Trinajstić information content (AvgIpc) is 3.97. The van der Waals surface area contributed by atoms with Crippen LogP contribution in [0.15, 0.2) is 60.9 Å². The Labute approximate surface area is 409 Å². The lowest BCUT2D eigenvalue weighted by Gasteiger charge is -2.42. The van der Waals surface area contributed by atoms with Crippen molar-refractivity contribution in [3.05, 3.63) is 77.3 Å². The van der Waals surface area contributed by atoms with Crippen molar-refractivity contribution in [2.75, 3.05) is 63.8 Å². The number of anilines is 2. The summed E-state index contributed by atoms with van der Waals surface area (Å²) in [6.07, 6.45) is -1.43. The third-order valence-corrected chi connectivity index (χ3v) is 12.5. The Bertz CT molecular complexity index is 2400. The van der Waals surface area contributed by atoms with Gasteiger partial charge in [-0.15, -0.1) is 38.0 Å². The van der Waals surface area contributed by atoms with Crippen molar-refractivity contribution >= 4 is 71.7 Å². The molecule has 2 aromatic carbocycles. The number of halogens is 6. The molecule has 5 heterocycles. The zero-order chi connectivity index (χ0) is 47.5. The number of ether oxygens (including phenoxy) is 4. The van der Waals surface area contributed by atoms with Gasteiger partial charge < -0.3 is 49.3 Å². The molecule has 7 rings (SSSR count). The number of alkyl halides is 3. The molecule has 4 amide bonds. The van der Waals surface area contributed by atoms with E-state index in [9.17, 15) is 32.3 Å². The van der Waals surface area contributed by atoms with Crippen LogP contribution in [-0.2, 0) is 23.8 Å². The fourth-order valence-electron chi connectivity index (χ4n) is 8.67. The van der Waals surface area contributed by atoms with Gasteiger partial charge in [0.2, 0.25) is 11.8 Å². The highest BCUT2D eigenvalue weighted by atomic mass is 35.5. The zero-order valence-electron chi connectivity index (χ0n) is 38.4. The molecule has 0 radical (unpaired) electrons. The number of nitrogens with zero attached hydrogens (tertiary/aromatic N) is 5. The molecular weight excluding hydrogens is 956 g/mol. The first-order valence-corrected chi connectivity index (χ1v) is 22.1. The number of amides is 4. The fraction of sp³-hybridized carbons (Fsp3) is 0.478. The van der Waals surface area contributed by atoms with Crippen molar-refractivity contribution < 1.29 is 51.3 Å². The summed E-state index contributed by atoms with van der Waals surface area (Å²) >= 11 is 6.62. The number of aromatic nitrogens is 3. The number of aromatic amines is 1. The number of pyridine rings is 1. The van der Waals surface area contributed by atoms with Crippen molar-refractivity contribution in [3.8, 4) is 28.1 Å². The van der Waals surface area contributed by atoms with Crippen LogP contribution in [0.1, 0.15) is 69.2 Å².